The molecule has 1 fully saturated rings. The van der Waals surface area contributed by atoms with E-state index in [1.54, 1.807) is 0 Å². The van der Waals surface area contributed by atoms with Gasteiger partial charge in [-0.25, -0.2) is 13.1 Å². The molecule has 0 heterocycles. The summed E-state index contributed by atoms with van der Waals surface area (Å²) in [6, 6.07) is 3.47. The summed E-state index contributed by atoms with van der Waals surface area (Å²) in [5, 5.41) is 10.8. The van der Waals surface area contributed by atoms with E-state index < -0.39 is 20.5 Å². The van der Waals surface area contributed by atoms with Gasteiger partial charge in [0.1, 0.15) is 5.69 Å². The fourth-order valence-corrected chi connectivity index (χ4v) is 3.64. The van der Waals surface area contributed by atoms with Crippen LogP contribution in [0.25, 0.3) is 0 Å². The lowest BCUT2D eigenvalue weighted by Crippen LogP contribution is -2.50. The molecule has 0 spiro atoms. The molecule has 1 aromatic carbocycles. The lowest BCUT2D eigenvalue weighted by atomic mass is 9.80. The van der Waals surface area contributed by atoms with Crippen LogP contribution in [0.2, 0.25) is 0 Å². The Morgan fingerprint density at radius 1 is 1.40 bits per heavy atom. The SMILES string of the molecule is CC1(NS(=O)(=O)c2ccc([N+](=O)[O-])c(NN)c2)CCC1. The van der Waals surface area contributed by atoms with E-state index in [2.05, 4.69) is 10.1 Å². The lowest BCUT2D eigenvalue weighted by molar-refractivity contribution is -0.384. The van der Waals surface area contributed by atoms with Crippen molar-refractivity contribution in [2.24, 2.45) is 5.84 Å². The normalized spacial score (nSPS) is 17.3. The van der Waals surface area contributed by atoms with E-state index in [0.29, 0.717) is 0 Å². The van der Waals surface area contributed by atoms with Crippen LogP contribution >= 0.6 is 0 Å². The Hall–Kier alpha value is -1.71. The Morgan fingerprint density at radius 2 is 2.05 bits per heavy atom. The molecule has 8 nitrogen and oxygen atoms in total. The number of nitro benzene ring substituents is 1. The van der Waals surface area contributed by atoms with Crippen LogP contribution in [-0.2, 0) is 10.0 Å². The molecule has 110 valence electrons. The Morgan fingerprint density at radius 3 is 2.50 bits per heavy atom. The monoisotopic (exact) mass is 300 g/mol. The van der Waals surface area contributed by atoms with Gasteiger partial charge in [0.15, 0.2) is 0 Å². The molecular formula is C11H16N4O4S. The van der Waals surface area contributed by atoms with Crippen molar-refractivity contribution in [2.75, 3.05) is 5.43 Å². The van der Waals surface area contributed by atoms with Crippen molar-refractivity contribution >= 4 is 21.4 Å². The molecule has 0 atom stereocenters. The molecule has 1 aromatic rings. The smallest absolute Gasteiger partial charge is 0.293 e. The van der Waals surface area contributed by atoms with E-state index in [-0.39, 0.29) is 16.3 Å². The number of nitrogens with zero attached hydrogens (tertiary/aromatic N) is 1. The summed E-state index contributed by atoms with van der Waals surface area (Å²) >= 11 is 0. The molecule has 0 aliphatic heterocycles. The van der Waals surface area contributed by atoms with Crippen LogP contribution in [0, 0.1) is 10.1 Å². The van der Waals surface area contributed by atoms with Crippen molar-refractivity contribution in [2.45, 2.75) is 36.6 Å². The summed E-state index contributed by atoms with van der Waals surface area (Å²) in [6.45, 7) is 1.83. The van der Waals surface area contributed by atoms with Crippen LogP contribution in [0.15, 0.2) is 23.1 Å². The van der Waals surface area contributed by atoms with Crippen LogP contribution in [0.3, 0.4) is 0 Å². The third-order valence-corrected chi connectivity index (χ3v) is 5.10. The summed E-state index contributed by atoms with van der Waals surface area (Å²) in [6.07, 6.45) is 2.54. The molecule has 2 rings (SSSR count). The molecule has 0 saturated heterocycles. The standard InChI is InChI=1S/C11H16N4O4S/c1-11(5-2-6-11)14-20(18,19)8-3-4-10(15(16)17)9(7-8)13-12/h3-4,7,13-14H,2,5-6,12H2,1H3. The highest BCUT2D eigenvalue weighted by Gasteiger charge is 2.36. The number of nitrogen functional groups attached to an aromatic ring is 1. The van der Waals surface area contributed by atoms with Gasteiger partial charge >= 0.3 is 0 Å². The molecule has 20 heavy (non-hydrogen) atoms. The molecule has 0 aromatic heterocycles. The summed E-state index contributed by atoms with van der Waals surface area (Å²) in [7, 11) is -3.72. The van der Waals surface area contributed by atoms with Gasteiger partial charge < -0.3 is 5.43 Å². The van der Waals surface area contributed by atoms with Gasteiger partial charge in [0.2, 0.25) is 10.0 Å². The number of sulfonamides is 1. The number of hydrogen-bond acceptors (Lipinski definition) is 6. The van der Waals surface area contributed by atoms with Crippen molar-refractivity contribution in [1.82, 2.24) is 4.72 Å². The second kappa shape index (κ2) is 5.00. The third kappa shape index (κ3) is 2.74. The zero-order chi connectivity index (χ0) is 15.0. The summed E-state index contributed by atoms with van der Waals surface area (Å²) in [4.78, 5) is 10.1. The summed E-state index contributed by atoms with van der Waals surface area (Å²) < 4.78 is 27.1. The molecule has 0 bridgehead atoms. The molecule has 4 N–H and O–H groups in total. The molecule has 0 radical (unpaired) electrons. The topological polar surface area (TPSA) is 127 Å². The number of hydrazine groups is 1. The molecule has 1 aliphatic rings. The van der Waals surface area contributed by atoms with E-state index >= 15 is 0 Å². The Labute approximate surface area is 116 Å². The molecule has 1 saturated carbocycles. The fourth-order valence-electron chi connectivity index (χ4n) is 2.15. The van der Waals surface area contributed by atoms with Gasteiger partial charge in [-0.2, -0.15) is 0 Å². The molecular weight excluding hydrogens is 284 g/mol. The van der Waals surface area contributed by atoms with Gasteiger partial charge in [-0.3, -0.25) is 16.0 Å². The minimum Gasteiger partial charge on any atom is -0.318 e. The second-order valence-corrected chi connectivity index (χ2v) is 6.78. The zero-order valence-corrected chi connectivity index (χ0v) is 11.7. The predicted molar refractivity (Wildman–Crippen MR) is 73.5 cm³/mol. The summed E-state index contributed by atoms with van der Waals surface area (Å²) in [5.41, 5.74) is 1.39. The van der Waals surface area contributed by atoms with Gasteiger partial charge in [-0.1, -0.05) is 0 Å². The van der Waals surface area contributed by atoms with Gasteiger partial charge in [0.25, 0.3) is 5.69 Å². The van der Waals surface area contributed by atoms with Crippen molar-refractivity contribution < 1.29 is 13.3 Å². The Bertz CT molecular complexity index is 640. The first-order valence-electron chi connectivity index (χ1n) is 6.06. The van der Waals surface area contributed by atoms with E-state index in [9.17, 15) is 18.5 Å². The highest BCUT2D eigenvalue weighted by Crippen LogP contribution is 2.33. The van der Waals surface area contributed by atoms with Crippen LogP contribution in [0.1, 0.15) is 26.2 Å². The van der Waals surface area contributed by atoms with E-state index in [0.717, 1.165) is 31.4 Å². The molecule has 1 aliphatic carbocycles. The number of hydrogen-bond donors (Lipinski definition) is 3. The summed E-state index contributed by atoms with van der Waals surface area (Å²) in [5.74, 6) is 5.20. The van der Waals surface area contributed by atoms with Crippen molar-refractivity contribution in [3.63, 3.8) is 0 Å². The lowest BCUT2D eigenvalue weighted by Gasteiger charge is -2.38. The van der Waals surface area contributed by atoms with Gasteiger partial charge in [0, 0.05) is 11.6 Å². The van der Waals surface area contributed by atoms with Crippen LogP contribution in [0.4, 0.5) is 11.4 Å². The van der Waals surface area contributed by atoms with Crippen molar-refractivity contribution in [1.29, 1.82) is 0 Å². The Kier molecular flexibility index (Phi) is 3.67. The molecule has 0 unspecified atom stereocenters. The van der Waals surface area contributed by atoms with Gasteiger partial charge in [-0.05, 0) is 38.3 Å². The average Bonchev–Trinajstić information content (AvgIpc) is 2.35. The van der Waals surface area contributed by atoms with Crippen LogP contribution in [0.5, 0.6) is 0 Å². The molecule has 0 amide bonds. The zero-order valence-electron chi connectivity index (χ0n) is 10.9. The van der Waals surface area contributed by atoms with Crippen molar-refractivity contribution in [3.8, 4) is 0 Å². The maximum absolute atomic E-state index is 12.2. The average molecular weight is 300 g/mol. The number of anilines is 1. The fraction of sp³-hybridized carbons (Fsp3) is 0.455. The van der Waals surface area contributed by atoms with Crippen LogP contribution in [-0.4, -0.2) is 18.9 Å². The maximum atomic E-state index is 12.2. The number of rotatable bonds is 5. The highest BCUT2D eigenvalue weighted by atomic mass is 32.2. The Balaban J connectivity index is 2.34. The number of nitro groups is 1. The first kappa shape index (κ1) is 14.7. The second-order valence-electron chi connectivity index (χ2n) is 5.10. The van der Waals surface area contributed by atoms with Gasteiger partial charge in [0.05, 0.1) is 9.82 Å². The predicted octanol–water partition coefficient (Wildman–Crippen LogP) is 1.10. The van der Waals surface area contributed by atoms with E-state index in [1.807, 2.05) is 6.92 Å². The van der Waals surface area contributed by atoms with Crippen molar-refractivity contribution in [3.05, 3.63) is 28.3 Å². The van der Waals surface area contributed by atoms with Gasteiger partial charge in [-0.15, -0.1) is 0 Å². The van der Waals surface area contributed by atoms with E-state index in [4.69, 9.17) is 5.84 Å². The third-order valence-electron chi connectivity index (χ3n) is 3.47. The quantitative estimate of drug-likeness (QED) is 0.424. The first-order chi connectivity index (χ1) is 9.27. The van der Waals surface area contributed by atoms with E-state index in [1.165, 1.54) is 6.07 Å². The number of nitrogens with one attached hydrogen (secondary N) is 2. The van der Waals surface area contributed by atoms with Crippen LogP contribution < -0.4 is 16.0 Å². The number of benzene rings is 1. The maximum Gasteiger partial charge on any atom is 0.293 e. The minimum atomic E-state index is -3.72. The number of nitrogens with two attached hydrogens (primary N) is 1. The molecule has 9 heteroatoms. The largest absolute Gasteiger partial charge is 0.318 e. The highest BCUT2D eigenvalue weighted by molar-refractivity contribution is 7.89. The minimum absolute atomic E-state index is 0.0448. The first-order valence-corrected chi connectivity index (χ1v) is 7.55.